The standard InChI is InChI=1S/C18H21N3O4/c1-4-9-24-13-7-5-12(6-8-13)17(22)21-10-14-15(11-21)25-19-16(14)18(23)20(2)3/h4-8,14-15H,1,9-11H2,2-3H3/t14-,15+/m0/s1. The molecule has 2 aliphatic heterocycles. The number of likely N-dealkylation sites (tertiary alicyclic amines) is 1. The summed E-state index contributed by atoms with van der Waals surface area (Å²) in [5.74, 6) is 0.244. The van der Waals surface area contributed by atoms with E-state index in [0.29, 0.717) is 36.7 Å². The maximum atomic E-state index is 12.7. The van der Waals surface area contributed by atoms with Gasteiger partial charge in [0.15, 0.2) is 11.8 Å². The molecule has 2 heterocycles. The largest absolute Gasteiger partial charge is 0.490 e. The summed E-state index contributed by atoms with van der Waals surface area (Å²) in [4.78, 5) is 33.4. The van der Waals surface area contributed by atoms with E-state index in [0.717, 1.165) is 0 Å². The fraction of sp³-hybridized carbons (Fsp3) is 0.389. The van der Waals surface area contributed by atoms with E-state index in [4.69, 9.17) is 9.57 Å². The molecule has 25 heavy (non-hydrogen) atoms. The Labute approximate surface area is 146 Å². The molecule has 1 fully saturated rings. The van der Waals surface area contributed by atoms with E-state index < -0.39 is 0 Å². The van der Waals surface area contributed by atoms with Gasteiger partial charge in [0.1, 0.15) is 12.4 Å². The Morgan fingerprint density at radius 1 is 1.36 bits per heavy atom. The minimum absolute atomic E-state index is 0.0927. The van der Waals surface area contributed by atoms with Crippen LogP contribution in [-0.2, 0) is 9.63 Å². The lowest BCUT2D eigenvalue weighted by atomic mass is 10.00. The van der Waals surface area contributed by atoms with E-state index in [1.165, 1.54) is 4.90 Å². The number of fused-ring (bicyclic) bond motifs is 1. The number of rotatable bonds is 5. The maximum Gasteiger partial charge on any atom is 0.271 e. The van der Waals surface area contributed by atoms with Crippen LogP contribution in [-0.4, -0.2) is 67.2 Å². The van der Waals surface area contributed by atoms with Gasteiger partial charge in [-0.1, -0.05) is 17.8 Å². The van der Waals surface area contributed by atoms with Gasteiger partial charge in [0, 0.05) is 26.2 Å². The summed E-state index contributed by atoms with van der Waals surface area (Å²) in [6.45, 7) is 4.87. The number of hydrogen-bond donors (Lipinski definition) is 0. The van der Waals surface area contributed by atoms with Gasteiger partial charge < -0.3 is 19.4 Å². The lowest BCUT2D eigenvalue weighted by Crippen LogP contribution is -2.36. The van der Waals surface area contributed by atoms with Gasteiger partial charge in [-0.15, -0.1) is 0 Å². The highest BCUT2D eigenvalue weighted by Gasteiger charge is 2.46. The lowest BCUT2D eigenvalue weighted by molar-refractivity contribution is -0.122. The monoisotopic (exact) mass is 343 g/mol. The first-order chi connectivity index (χ1) is 12.0. The molecule has 0 aliphatic carbocycles. The molecule has 0 aromatic heterocycles. The zero-order chi connectivity index (χ0) is 18.0. The number of oxime groups is 1. The molecular weight excluding hydrogens is 322 g/mol. The first kappa shape index (κ1) is 17.0. The minimum atomic E-state index is -0.252. The van der Waals surface area contributed by atoms with Crippen LogP contribution in [0.4, 0.5) is 0 Å². The van der Waals surface area contributed by atoms with Gasteiger partial charge in [-0.3, -0.25) is 9.59 Å². The maximum absolute atomic E-state index is 12.7. The first-order valence-corrected chi connectivity index (χ1v) is 8.09. The summed E-state index contributed by atoms with van der Waals surface area (Å²) in [5.41, 5.74) is 0.960. The van der Waals surface area contributed by atoms with Gasteiger partial charge in [0.05, 0.1) is 12.5 Å². The van der Waals surface area contributed by atoms with Crippen molar-refractivity contribution < 1.29 is 19.2 Å². The van der Waals surface area contributed by atoms with Crippen LogP contribution in [0, 0.1) is 5.92 Å². The quantitative estimate of drug-likeness (QED) is 0.753. The molecule has 132 valence electrons. The summed E-state index contributed by atoms with van der Waals surface area (Å²) in [5, 5.41) is 3.91. The molecular formula is C18H21N3O4. The second-order valence-corrected chi connectivity index (χ2v) is 6.26. The highest BCUT2D eigenvalue weighted by molar-refractivity contribution is 6.40. The molecule has 0 spiro atoms. The topological polar surface area (TPSA) is 71.4 Å². The molecule has 2 amide bonds. The minimum Gasteiger partial charge on any atom is -0.490 e. The lowest BCUT2D eigenvalue weighted by Gasteiger charge is -2.17. The summed E-state index contributed by atoms with van der Waals surface area (Å²) in [6.07, 6.45) is 1.41. The van der Waals surface area contributed by atoms with Crippen LogP contribution < -0.4 is 4.74 Å². The van der Waals surface area contributed by atoms with Crippen molar-refractivity contribution in [2.45, 2.75) is 6.10 Å². The summed E-state index contributed by atoms with van der Waals surface area (Å²) < 4.78 is 5.42. The Morgan fingerprint density at radius 3 is 2.72 bits per heavy atom. The average molecular weight is 343 g/mol. The van der Waals surface area contributed by atoms with Crippen molar-refractivity contribution >= 4 is 17.5 Å². The molecule has 0 saturated carbocycles. The van der Waals surface area contributed by atoms with Crippen LogP contribution in [0.15, 0.2) is 42.1 Å². The average Bonchev–Trinajstić information content (AvgIpc) is 3.19. The Hall–Kier alpha value is -2.83. The summed E-state index contributed by atoms with van der Waals surface area (Å²) in [6, 6.07) is 6.98. The molecule has 0 unspecified atom stereocenters. The van der Waals surface area contributed by atoms with Crippen LogP contribution in [0.1, 0.15) is 10.4 Å². The van der Waals surface area contributed by atoms with Crippen LogP contribution in [0.25, 0.3) is 0 Å². The molecule has 0 N–H and O–H groups in total. The predicted molar refractivity (Wildman–Crippen MR) is 92.5 cm³/mol. The van der Waals surface area contributed by atoms with Crippen molar-refractivity contribution in [3.8, 4) is 5.75 Å². The number of hydrogen-bond acceptors (Lipinski definition) is 5. The fourth-order valence-electron chi connectivity index (χ4n) is 2.96. The third kappa shape index (κ3) is 3.35. The number of ether oxygens (including phenoxy) is 1. The van der Waals surface area contributed by atoms with Gasteiger partial charge in [-0.2, -0.15) is 0 Å². The van der Waals surface area contributed by atoms with Gasteiger partial charge in [-0.05, 0) is 24.3 Å². The number of benzene rings is 1. The van der Waals surface area contributed by atoms with Crippen LogP contribution in [0.5, 0.6) is 5.75 Å². The second-order valence-electron chi connectivity index (χ2n) is 6.26. The molecule has 1 aromatic carbocycles. The van der Waals surface area contributed by atoms with Crippen molar-refractivity contribution in [1.82, 2.24) is 9.80 Å². The smallest absolute Gasteiger partial charge is 0.271 e. The van der Waals surface area contributed by atoms with E-state index >= 15 is 0 Å². The highest BCUT2D eigenvalue weighted by Crippen LogP contribution is 2.29. The third-order valence-electron chi connectivity index (χ3n) is 4.29. The Morgan fingerprint density at radius 2 is 2.08 bits per heavy atom. The third-order valence-corrected chi connectivity index (χ3v) is 4.29. The zero-order valence-electron chi connectivity index (χ0n) is 14.3. The zero-order valence-corrected chi connectivity index (χ0v) is 14.3. The fourth-order valence-corrected chi connectivity index (χ4v) is 2.96. The first-order valence-electron chi connectivity index (χ1n) is 8.09. The van der Waals surface area contributed by atoms with Crippen LogP contribution in [0.3, 0.4) is 0 Å². The molecule has 2 atom stereocenters. The second kappa shape index (κ2) is 6.96. The number of amides is 2. The summed E-state index contributed by atoms with van der Waals surface area (Å²) >= 11 is 0. The Balaban J connectivity index is 1.66. The SMILES string of the molecule is C=CCOc1ccc(C(=O)N2C[C@@H]3C(C(=O)N(C)C)=NO[C@@H]3C2)cc1. The molecule has 7 nitrogen and oxygen atoms in total. The van der Waals surface area contributed by atoms with Gasteiger partial charge >= 0.3 is 0 Å². The van der Waals surface area contributed by atoms with Crippen molar-refractivity contribution in [3.05, 3.63) is 42.5 Å². The Kier molecular flexibility index (Phi) is 4.74. The van der Waals surface area contributed by atoms with E-state index in [2.05, 4.69) is 11.7 Å². The number of carbonyl (C=O) groups excluding carboxylic acids is 2. The molecule has 0 radical (unpaired) electrons. The Bertz CT molecular complexity index is 712. The van der Waals surface area contributed by atoms with E-state index in [-0.39, 0.29) is 23.8 Å². The van der Waals surface area contributed by atoms with E-state index in [9.17, 15) is 9.59 Å². The van der Waals surface area contributed by atoms with Gasteiger partial charge in [-0.25, -0.2) is 0 Å². The van der Waals surface area contributed by atoms with E-state index in [1.807, 2.05) is 0 Å². The van der Waals surface area contributed by atoms with Crippen LogP contribution in [0.2, 0.25) is 0 Å². The van der Waals surface area contributed by atoms with E-state index in [1.54, 1.807) is 49.3 Å². The predicted octanol–water partition coefficient (Wildman–Crippen LogP) is 1.17. The molecule has 3 rings (SSSR count). The summed E-state index contributed by atoms with van der Waals surface area (Å²) in [7, 11) is 3.35. The molecule has 1 aromatic rings. The highest BCUT2D eigenvalue weighted by atomic mass is 16.6. The van der Waals surface area contributed by atoms with Gasteiger partial charge in [0.25, 0.3) is 11.8 Å². The van der Waals surface area contributed by atoms with Crippen molar-refractivity contribution in [2.75, 3.05) is 33.8 Å². The molecule has 1 saturated heterocycles. The van der Waals surface area contributed by atoms with Crippen molar-refractivity contribution in [1.29, 1.82) is 0 Å². The van der Waals surface area contributed by atoms with Crippen LogP contribution >= 0.6 is 0 Å². The van der Waals surface area contributed by atoms with Gasteiger partial charge in [0.2, 0.25) is 0 Å². The molecule has 2 aliphatic rings. The number of carbonyl (C=O) groups is 2. The molecule has 7 heteroatoms. The van der Waals surface area contributed by atoms with Crippen molar-refractivity contribution in [3.63, 3.8) is 0 Å². The van der Waals surface area contributed by atoms with Crippen molar-refractivity contribution in [2.24, 2.45) is 11.1 Å². The number of nitrogens with zero attached hydrogens (tertiary/aromatic N) is 3. The normalized spacial score (nSPS) is 21.2. The molecule has 0 bridgehead atoms.